The monoisotopic (exact) mass is 349 g/mol. The molecule has 25 heavy (non-hydrogen) atoms. The van der Waals surface area contributed by atoms with Crippen molar-refractivity contribution in [2.24, 2.45) is 0 Å². The molecule has 6 heteroatoms. The molecule has 0 saturated carbocycles. The average Bonchev–Trinajstić information content (AvgIpc) is 3.14. The van der Waals surface area contributed by atoms with E-state index in [1.165, 1.54) is 28.0 Å². The molecule has 122 valence electrons. The van der Waals surface area contributed by atoms with Gasteiger partial charge in [0.15, 0.2) is 5.82 Å². The van der Waals surface area contributed by atoms with Gasteiger partial charge in [0, 0.05) is 0 Å². The zero-order valence-electron chi connectivity index (χ0n) is 13.0. The van der Waals surface area contributed by atoms with Crippen molar-refractivity contribution in [3.05, 3.63) is 92.3 Å². The van der Waals surface area contributed by atoms with Crippen molar-refractivity contribution in [1.29, 1.82) is 0 Å². The lowest BCUT2D eigenvalue weighted by atomic mass is 10.2. The van der Waals surface area contributed by atoms with Crippen molar-refractivity contribution >= 4 is 34.5 Å². The van der Waals surface area contributed by atoms with Crippen molar-refractivity contribution in [1.82, 2.24) is 14.6 Å². The minimum Gasteiger partial charge on any atom is -0.266 e. The molecule has 0 aliphatic carbocycles. The summed E-state index contributed by atoms with van der Waals surface area (Å²) in [5, 5.41) is 4.23. The van der Waals surface area contributed by atoms with E-state index in [-0.39, 0.29) is 11.4 Å². The predicted molar refractivity (Wildman–Crippen MR) is 97.7 cm³/mol. The minimum atomic E-state index is -0.339. The summed E-state index contributed by atoms with van der Waals surface area (Å²) in [5.41, 5.74) is 1.41. The normalized spacial score (nSPS) is 12.4. The first kappa shape index (κ1) is 15.4. The molecule has 0 radical (unpaired) electrons. The van der Waals surface area contributed by atoms with Gasteiger partial charge in [0.25, 0.3) is 5.56 Å². The smallest absolute Gasteiger partial charge is 0.266 e. The van der Waals surface area contributed by atoms with Gasteiger partial charge in [-0.3, -0.25) is 4.79 Å². The molecule has 0 N–H and O–H groups in total. The number of halogens is 1. The van der Waals surface area contributed by atoms with Gasteiger partial charge < -0.3 is 0 Å². The summed E-state index contributed by atoms with van der Waals surface area (Å²) in [5.74, 6) is 0.138. The first-order valence-electron chi connectivity index (χ1n) is 7.59. The molecular weight excluding hydrogens is 337 g/mol. The summed E-state index contributed by atoms with van der Waals surface area (Å²) in [4.78, 5) is 17.3. The first-order chi connectivity index (χ1) is 12.2. The Hall–Kier alpha value is -3.12. The van der Waals surface area contributed by atoms with Crippen LogP contribution in [-0.2, 0) is 0 Å². The average molecular weight is 349 g/mol. The number of fused-ring (bicyclic) bond motifs is 1. The van der Waals surface area contributed by atoms with E-state index in [4.69, 9.17) is 0 Å². The Labute approximate surface area is 146 Å². The Kier molecular flexibility index (Phi) is 3.95. The summed E-state index contributed by atoms with van der Waals surface area (Å²) >= 11 is 1.23. The molecule has 0 spiro atoms. The van der Waals surface area contributed by atoms with Gasteiger partial charge in [0.2, 0.25) is 4.96 Å². The van der Waals surface area contributed by atoms with Crippen LogP contribution in [0.15, 0.2) is 59.4 Å². The van der Waals surface area contributed by atoms with E-state index in [2.05, 4.69) is 10.1 Å². The molecule has 4 nitrogen and oxygen atoms in total. The Morgan fingerprint density at radius 3 is 2.56 bits per heavy atom. The Morgan fingerprint density at radius 1 is 1.00 bits per heavy atom. The maximum absolute atomic E-state index is 13.3. The molecule has 0 fully saturated rings. The zero-order valence-corrected chi connectivity index (χ0v) is 13.8. The maximum atomic E-state index is 13.3. The number of hydrogen-bond donors (Lipinski definition) is 0. The van der Waals surface area contributed by atoms with Crippen molar-refractivity contribution in [2.75, 3.05) is 0 Å². The van der Waals surface area contributed by atoms with Gasteiger partial charge in [-0.2, -0.15) is 9.50 Å². The highest BCUT2D eigenvalue weighted by Crippen LogP contribution is 2.08. The fourth-order valence-corrected chi connectivity index (χ4v) is 3.32. The second-order valence-electron chi connectivity index (χ2n) is 5.38. The molecule has 2 heterocycles. The summed E-state index contributed by atoms with van der Waals surface area (Å²) in [6.45, 7) is 0. The van der Waals surface area contributed by atoms with E-state index in [0.717, 1.165) is 5.56 Å². The van der Waals surface area contributed by atoms with Crippen LogP contribution < -0.4 is 10.1 Å². The number of rotatable bonds is 3. The van der Waals surface area contributed by atoms with Gasteiger partial charge in [-0.1, -0.05) is 59.9 Å². The number of aromatic nitrogens is 3. The SMILES string of the molecule is O=c1c(=Cc2cccc(F)c2)sc2nc(C=Cc3ccccc3)nn12. The van der Waals surface area contributed by atoms with Crippen LogP contribution in [0, 0.1) is 5.82 Å². The number of thiazole rings is 1. The summed E-state index contributed by atoms with van der Waals surface area (Å²) < 4.78 is 15.0. The highest BCUT2D eigenvalue weighted by atomic mass is 32.1. The number of benzene rings is 2. The number of nitrogens with zero attached hydrogens (tertiary/aromatic N) is 3. The summed E-state index contributed by atoms with van der Waals surface area (Å²) in [6.07, 6.45) is 5.31. The zero-order chi connectivity index (χ0) is 17.2. The lowest BCUT2D eigenvalue weighted by Gasteiger charge is -1.91. The molecule has 4 rings (SSSR count). The molecular formula is C19H12FN3OS. The van der Waals surface area contributed by atoms with Gasteiger partial charge in [0.05, 0.1) is 4.53 Å². The highest BCUT2D eigenvalue weighted by molar-refractivity contribution is 7.15. The third kappa shape index (κ3) is 3.25. The van der Waals surface area contributed by atoms with E-state index >= 15 is 0 Å². The maximum Gasteiger partial charge on any atom is 0.291 e. The molecule has 0 bridgehead atoms. The van der Waals surface area contributed by atoms with Gasteiger partial charge in [0.1, 0.15) is 5.82 Å². The van der Waals surface area contributed by atoms with Crippen LogP contribution in [0.2, 0.25) is 0 Å². The molecule has 0 aliphatic rings. The molecule has 4 aromatic rings. The molecule has 0 atom stereocenters. The van der Waals surface area contributed by atoms with Gasteiger partial charge in [-0.25, -0.2) is 4.39 Å². The van der Waals surface area contributed by atoms with Crippen LogP contribution in [0.5, 0.6) is 0 Å². The van der Waals surface area contributed by atoms with Crippen molar-refractivity contribution in [3.8, 4) is 0 Å². The summed E-state index contributed by atoms with van der Waals surface area (Å²) in [6, 6.07) is 15.9. The third-order valence-electron chi connectivity index (χ3n) is 3.57. The number of hydrogen-bond acceptors (Lipinski definition) is 4. The minimum absolute atomic E-state index is 0.254. The van der Waals surface area contributed by atoms with Crippen LogP contribution in [0.4, 0.5) is 4.39 Å². The van der Waals surface area contributed by atoms with Crippen molar-refractivity contribution in [2.45, 2.75) is 0 Å². The Bertz CT molecular complexity index is 1180. The fraction of sp³-hybridized carbons (Fsp3) is 0. The summed E-state index contributed by atoms with van der Waals surface area (Å²) in [7, 11) is 0. The molecule has 2 aromatic carbocycles. The molecule has 0 saturated heterocycles. The van der Waals surface area contributed by atoms with Crippen LogP contribution >= 0.6 is 11.3 Å². The lowest BCUT2D eigenvalue weighted by molar-refractivity contribution is 0.627. The standard InChI is InChI=1S/C19H12FN3OS/c20-15-8-4-7-14(11-15)12-16-18(24)23-19(25-16)21-17(22-23)10-9-13-5-2-1-3-6-13/h1-12H. The van der Waals surface area contributed by atoms with Crippen LogP contribution in [0.1, 0.15) is 17.0 Å². The van der Waals surface area contributed by atoms with Crippen LogP contribution in [0.3, 0.4) is 0 Å². The fourth-order valence-electron chi connectivity index (χ4n) is 2.40. The van der Waals surface area contributed by atoms with E-state index in [9.17, 15) is 9.18 Å². The van der Waals surface area contributed by atoms with Crippen molar-refractivity contribution in [3.63, 3.8) is 0 Å². The van der Waals surface area contributed by atoms with E-state index in [1.807, 2.05) is 36.4 Å². The second-order valence-corrected chi connectivity index (χ2v) is 6.39. The van der Waals surface area contributed by atoms with Crippen LogP contribution in [-0.4, -0.2) is 14.6 Å². The van der Waals surface area contributed by atoms with Crippen LogP contribution in [0.25, 0.3) is 23.2 Å². The predicted octanol–water partition coefficient (Wildman–Crippen LogP) is 3.01. The van der Waals surface area contributed by atoms with Gasteiger partial charge in [-0.05, 0) is 35.4 Å². The first-order valence-corrected chi connectivity index (χ1v) is 8.41. The molecule has 0 aliphatic heterocycles. The third-order valence-corrected chi connectivity index (χ3v) is 4.53. The highest BCUT2D eigenvalue weighted by Gasteiger charge is 2.08. The topological polar surface area (TPSA) is 47.3 Å². The van der Waals surface area contributed by atoms with Crippen molar-refractivity contribution < 1.29 is 4.39 Å². The van der Waals surface area contributed by atoms with Gasteiger partial charge >= 0.3 is 0 Å². The second kappa shape index (κ2) is 6.41. The quantitative estimate of drug-likeness (QED) is 0.571. The lowest BCUT2D eigenvalue weighted by Crippen LogP contribution is -2.23. The molecule has 2 aromatic heterocycles. The Morgan fingerprint density at radius 2 is 1.80 bits per heavy atom. The van der Waals surface area contributed by atoms with E-state index in [1.54, 1.807) is 24.3 Å². The van der Waals surface area contributed by atoms with Gasteiger partial charge in [-0.15, -0.1) is 5.10 Å². The Balaban J connectivity index is 1.70. The molecule has 0 unspecified atom stereocenters. The van der Waals surface area contributed by atoms with E-state index in [0.29, 0.717) is 20.9 Å². The largest absolute Gasteiger partial charge is 0.291 e. The molecule has 0 amide bonds. The van der Waals surface area contributed by atoms with E-state index < -0.39 is 0 Å².